The molecule has 3 heterocycles. The van der Waals surface area contributed by atoms with E-state index >= 15 is 0 Å². The Kier molecular flexibility index (Phi) is 5.66. The van der Waals surface area contributed by atoms with Crippen LogP contribution in [0.2, 0.25) is 5.15 Å². The predicted octanol–water partition coefficient (Wildman–Crippen LogP) is 4.19. The molecule has 0 aliphatic carbocycles. The highest BCUT2D eigenvalue weighted by atomic mass is 35.5. The van der Waals surface area contributed by atoms with E-state index in [9.17, 15) is 18.0 Å². The topological polar surface area (TPSA) is 72.3 Å². The quantitative estimate of drug-likeness (QED) is 0.735. The van der Waals surface area contributed by atoms with Gasteiger partial charge in [0.05, 0.1) is 11.7 Å². The standard InChI is InChI=1S/C18H21ClF3N5O2/c1-17(2,3)29-16(28)26-8-11(9-26)24-14-6-15(19)23-7-12(14)13-4-5-27(25-13)10-18(20,21)22/h4-7,11H,8-10H2,1-3H3,(H,23,24). The zero-order valence-electron chi connectivity index (χ0n) is 16.1. The molecule has 0 spiro atoms. The molecule has 1 N–H and O–H groups in total. The number of carbonyl (C=O) groups excluding carboxylic acids is 1. The number of hydrogen-bond acceptors (Lipinski definition) is 5. The maximum atomic E-state index is 12.6. The fraction of sp³-hybridized carbons (Fsp3) is 0.500. The molecule has 1 aliphatic heterocycles. The minimum absolute atomic E-state index is 0.0583. The highest BCUT2D eigenvalue weighted by molar-refractivity contribution is 6.29. The lowest BCUT2D eigenvalue weighted by Gasteiger charge is -2.40. The minimum atomic E-state index is -4.36. The molecule has 0 atom stereocenters. The number of likely N-dealkylation sites (tertiary alicyclic amines) is 1. The van der Waals surface area contributed by atoms with Crippen molar-refractivity contribution in [1.29, 1.82) is 0 Å². The maximum Gasteiger partial charge on any atom is 0.410 e. The number of alkyl halides is 3. The second kappa shape index (κ2) is 7.74. The Balaban J connectivity index is 1.69. The van der Waals surface area contributed by atoms with Gasteiger partial charge in [0.15, 0.2) is 0 Å². The van der Waals surface area contributed by atoms with Gasteiger partial charge in [-0.1, -0.05) is 11.6 Å². The molecule has 2 aromatic heterocycles. The minimum Gasteiger partial charge on any atom is -0.444 e. The average molecular weight is 432 g/mol. The summed E-state index contributed by atoms with van der Waals surface area (Å²) in [6.07, 6.45) is -2.04. The van der Waals surface area contributed by atoms with Gasteiger partial charge in [-0.05, 0) is 32.9 Å². The molecule has 158 valence electrons. The first-order chi connectivity index (χ1) is 13.4. The Morgan fingerprint density at radius 3 is 2.66 bits per heavy atom. The summed E-state index contributed by atoms with van der Waals surface area (Å²) in [5.41, 5.74) is 0.864. The lowest BCUT2D eigenvalue weighted by molar-refractivity contribution is -0.142. The van der Waals surface area contributed by atoms with Crippen molar-refractivity contribution < 1.29 is 22.7 Å². The largest absolute Gasteiger partial charge is 0.444 e. The van der Waals surface area contributed by atoms with E-state index in [-0.39, 0.29) is 11.2 Å². The van der Waals surface area contributed by atoms with Crippen LogP contribution in [0.4, 0.5) is 23.7 Å². The van der Waals surface area contributed by atoms with Crippen LogP contribution in [0.3, 0.4) is 0 Å². The highest BCUT2D eigenvalue weighted by Crippen LogP contribution is 2.30. The van der Waals surface area contributed by atoms with Crippen molar-refractivity contribution in [2.75, 3.05) is 18.4 Å². The smallest absolute Gasteiger partial charge is 0.410 e. The summed E-state index contributed by atoms with van der Waals surface area (Å²) in [5, 5.41) is 7.46. The molecule has 0 radical (unpaired) electrons. The molecule has 0 saturated carbocycles. The van der Waals surface area contributed by atoms with E-state index in [0.29, 0.717) is 30.0 Å². The third-order valence-corrected chi connectivity index (χ3v) is 4.23. The zero-order chi connectivity index (χ0) is 21.4. The van der Waals surface area contributed by atoms with Crippen molar-refractivity contribution >= 4 is 23.4 Å². The number of carbonyl (C=O) groups is 1. The number of anilines is 1. The molecule has 29 heavy (non-hydrogen) atoms. The van der Waals surface area contributed by atoms with E-state index in [4.69, 9.17) is 16.3 Å². The van der Waals surface area contributed by atoms with E-state index < -0.39 is 24.4 Å². The number of nitrogens with zero attached hydrogens (tertiary/aromatic N) is 4. The first kappa shape index (κ1) is 21.2. The van der Waals surface area contributed by atoms with Gasteiger partial charge in [0.1, 0.15) is 17.3 Å². The van der Waals surface area contributed by atoms with Gasteiger partial charge in [-0.3, -0.25) is 4.68 Å². The third kappa shape index (κ3) is 5.75. The van der Waals surface area contributed by atoms with Gasteiger partial charge in [0.25, 0.3) is 0 Å². The molecule has 7 nitrogen and oxygen atoms in total. The van der Waals surface area contributed by atoms with Crippen molar-refractivity contribution in [3.63, 3.8) is 0 Å². The van der Waals surface area contributed by atoms with Gasteiger partial charge < -0.3 is 15.0 Å². The van der Waals surface area contributed by atoms with Gasteiger partial charge >= 0.3 is 12.3 Å². The number of amides is 1. The molecule has 1 amide bonds. The lowest BCUT2D eigenvalue weighted by atomic mass is 10.1. The number of halogens is 4. The first-order valence-corrected chi connectivity index (χ1v) is 9.28. The van der Waals surface area contributed by atoms with E-state index in [0.717, 1.165) is 4.68 Å². The number of ether oxygens (including phenoxy) is 1. The predicted molar refractivity (Wildman–Crippen MR) is 102 cm³/mol. The first-order valence-electron chi connectivity index (χ1n) is 8.90. The molecule has 1 fully saturated rings. The number of rotatable bonds is 4. The van der Waals surface area contributed by atoms with Crippen LogP contribution in [0.1, 0.15) is 20.8 Å². The summed E-state index contributed by atoms with van der Waals surface area (Å²) in [7, 11) is 0. The van der Waals surface area contributed by atoms with E-state index in [1.54, 1.807) is 31.7 Å². The van der Waals surface area contributed by atoms with Gasteiger partial charge in [0.2, 0.25) is 0 Å². The molecular formula is C18H21ClF3N5O2. The highest BCUT2D eigenvalue weighted by Gasteiger charge is 2.34. The Labute approximate surface area is 170 Å². The Hall–Kier alpha value is -2.49. The molecule has 3 rings (SSSR count). The monoisotopic (exact) mass is 431 g/mol. The molecule has 1 aliphatic rings. The SMILES string of the molecule is CC(C)(C)OC(=O)N1CC(Nc2cc(Cl)ncc2-c2ccn(CC(F)(F)F)n2)C1. The van der Waals surface area contributed by atoms with Crippen molar-refractivity contribution in [2.45, 2.75) is 45.1 Å². The van der Waals surface area contributed by atoms with E-state index in [2.05, 4.69) is 15.4 Å². The van der Waals surface area contributed by atoms with Gasteiger partial charge in [-0.2, -0.15) is 18.3 Å². The number of pyridine rings is 1. The number of hydrogen-bond donors (Lipinski definition) is 1. The number of nitrogens with one attached hydrogen (secondary N) is 1. The van der Waals surface area contributed by atoms with Crippen molar-refractivity contribution in [3.05, 3.63) is 29.7 Å². The molecule has 0 unspecified atom stereocenters. The van der Waals surface area contributed by atoms with Crippen LogP contribution < -0.4 is 5.32 Å². The lowest BCUT2D eigenvalue weighted by Crippen LogP contribution is -2.57. The van der Waals surface area contributed by atoms with Gasteiger partial charge in [-0.15, -0.1) is 0 Å². The molecule has 1 saturated heterocycles. The normalized spacial score (nSPS) is 15.2. The summed E-state index contributed by atoms with van der Waals surface area (Å²) in [5.74, 6) is 0. The second-order valence-corrected chi connectivity index (χ2v) is 8.18. The fourth-order valence-electron chi connectivity index (χ4n) is 2.80. The second-order valence-electron chi connectivity index (χ2n) is 7.79. The zero-order valence-corrected chi connectivity index (χ0v) is 16.9. The summed E-state index contributed by atoms with van der Waals surface area (Å²) < 4.78 is 43.8. The van der Waals surface area contributed by atoms with E-state index in [1.807, 2.05) is 0 Å². The van der Waals surface area contributed by atoms with Gasteiger partial charge in [0, 0.05) is 36.7 Å². The molecule has 0 aromatic carbocycles. The molecule has 0 bridgehead atoms. The summed E-state index contributed by atoms with van der Waals surface area (Å²) >= 11 is 5.98. The van der Waals surface area contributed by atoms with Crippen molar-refractivity contribution in [3.8, 4) is 11.3 Å². The number of aromatic nitrogens is 3. The van der Waals surface area contributed by atoms with Crippen LogP contribution in [0, 0.1) is 0 Å². The van der Waals surface area contributed by atoms with Crippen molar-refractivity contribution in [1.82, 2.24) is 19.7 Å². The Morgan fingerprint density at radius 1 is 1.34 bits per heavy atom. The molecule has 2 aromatic rings. The summed E-state index contributed by atoms with van der Waals surface area (Å²) in [6, 6.07) is 3.00. The summed E-state index contributed by atoms with van der Waals surface area (Å²) in [6.45, 7) is 5.06. The third-order valence-electron chi connectivity index (χ3n) is 4.02. The van der Waals surface area contributed by atoms with E-state index in [1.165, 1.54) is 18.5 Å². The van der Waals surface area contributed by atoms with Crippen LogP contribution in [-0.2, 0) is 11.3 Å². The van der Waals surface area contributed by atoms with Crippen molar-refractivity contribution in [2.24, 2.45) is 0 Å². The van der Waals surface area contributed by atoms with Crippen LogP contribution in [0.15, 0.2) is 24.5 Å². The van der Waals surface area contributed by atoms with Crippen LogP contribution in [-0.4, -0.2) is 56.7 Å². The van der Waals surface area contributed by atoms with Gasteiger partial charge in [-0.25, -0.2) is 9.78 Å². The van der Waals surface area contributed by atoms with Crippen LogP contribution in [0.5, 0.6) is 0 Å². The Bertz CT molecular complexity index is 888. The fourth-order valence-corrected chi connectivity index (χ4v) is 2.95. The van der Waals surface area contributed by atoms with Crippen LogP contribution in [0.25, 0.3) is 11.3 Å². The van der Waals surface area contributed by atoms with Crippen LogP contribution >= 0.6 is 11.6 Å². The average Bonchev–Trinajstić information content (AvgIpc) is 2.94. The maximum absolute atomic E-state index is 12.6. The summed E-state index contributed by atoms with van der Waals surface area (Å²) in [4.78, 5) is 17.6. The molecular weight excluding hydrogens is 411 g/mol. The Morgan fingerprint density at radius 2 is 2.03 bits per heavy atom. The molecule has 11 heteroatoms.